The van der Waals surface area contributed by atoms with E-state index in [1.165, 1.54) is 18.9 Å². The summed E-state index contributed by atoms with van der Waals surface area (Å²) >= 11 is 1.40. The molecule has 2 unspecified atom stereocenters. The number of fused-ring (bicyclic) bond motifs is 1. The van der Waals surface area contributed by atoms with E-state index in [1.807, 2.05) is 30.3 Å². The van der Waals surface area contributed by atoms with Gasteiger partial charge in [-0.15, -0.1) is 11.8 Å². The van der Waals surface area contributed by atoms with Crippen LogP contribution in [0.1, 0.15) is 5.56 Å². The van der Waals surface area contributed by atoms with Gasteiger partial charge < -0.3 is 30.2 Å². The van der Waals surface area contributed by atoms with Crippen molar-refractivity contribution in [2.75, 3.05) is 32.7 Å². The summed E-state index contributed by atoms with van der Waals surface area (Å²) in [5, 5.41) is 2.47. The Balaban J connectivity index is 1.60. The summed E-state index contributed by atoms with van der Waals surface area (Å²) in [6.07, 6.45) is -0.651. The van der Waals surface area contributed by atoms with Crippen molar-refractivity contribution in [1.29, 1.82) is 0 Å². The third-order valence-electron chi connectivity index (χ3n) is 4.71. The predicted octanol–water partition coefficient (Wildman–Crippen LogP) is 0.289. The molecule has 3 atom stereocenters. The Kier molecular flexibility index (Phi) is 6.42. The lowest BCUT2D eigenvalue weighted by Crippen LogP contribution is -2.73. The number of esters is 1. The molecule has 9 nitrogen and oxygen atoms in total. The van der Waals surface area contributed by atoms with Crippen molar-refractivity contribution in [3.8, 4) is 0 Å². The van der Waals surface area contributed by atoms with Crippen LogP contribution in [-0.4, -0.2) is 67.0 Å². The van der Waals surface area contributed by atoms with Gasteiger partial charge in [0.15, 0.2) is 6.79 Å². The number of carbonyl (C=O) groups excluding carboxylic acids is 3. The smallest absolute Gasteiger partial charge is 0.407 e. The first-order chi connectivity index (χ1) is 13.5. The monoisotopic (exact) mass is 409 g/mol. The van der Waals surface area contributed by atoms with Gasteiger partial charge in [-0.3, -0.25) is 9.59 Å². The van der Waals surface area contributed by atoms with E-state index >= 15 is 0 Å². The van der Waals surface area contributed by atoms with E-state index in [2.05, 4.69) is 5.32 Å². The van der Waals surface area contributed by atoms with Crippen molar-refractivity contribution in [3.05, 3.63) is 35.9 Å². The highest BCUT2D eigenvalue weighted by Gasteiger charge is 2.56. The Morgan fingerprint density at radius 3 is 2.79 bits per heavy atom. The summed E-state index contributed by atoms with van der Waals surface area (Å²) in [6, 6.07) is 8.70. The molecule has 0 aliphatic carbocycles. The number of rotatable bonds is 7. The third-order valence-corrected chi connectivity index (χ3v) is 6.32. The largest absolute Gasteiger partial charge is 0.445 e. The van der Waals surface area contributed by atoms with Gasteiger partial charge in [-0.1, -0.05) is 30.3 Å². The number of nitrogens with one attached hydrogen (secondary N) is 1. The SMILES string of the molecule is COCOC(=O)C1(CNC(=O)OCc2ccccc2)CS[C@@H]2C(N)C(=O)N2C1. The molecule has 2 saturated heterocycles. The van der Waals surface area contributed by atoms with Crippen LogP contribution in [0.5, 0.6) is 0 Å². The van der Waals surface area contributed by atoms with E-state index in [9.17, 15) is 14.4 Å². The van der Waals surface area contributed by atoms with Gasteiger partial charge in [0.25, 0.3) is 0 Å². The van der Waals surface area contributed by atoms with Gasteiger partial charge in [0, 0.05) is 26.0 Å². The third kappa shape index (κ3) is 4.23. The molecule has 3 N–H and O–H groups in total. The fourth-order valence-corrected chi connectivity index (χ4v) is 4.60. The zero-order valence-corrected chi connectivity index (χ0v) is 16.3. The number of ether oxygens (including phenoxy) is 3. The second-order valence-corrected chi connectivity index (χ2v) is 7.83. The average molecular weight is 409 g/mol. The maximum Gasteiger partial charge on any atom is 0.407 e. The minimum Gasteiger partial charge on any atom is -0.445 e. The van der Waals surface area contributed by atoms with Crippen molar-refractivity contribution in [2.45, 2.75) is 18.0 Å². The molecule has 1 aromatic rings. The highest BCUT2D eigenvalue weighted by Crippen LogP contribution is 2.41. The minimum atomic E-state index is -1.10. The molecule has 28 heavy (non-hydrogen) atoms. The number of thioether (sulfide) groups is 1. The molecule has 2 fully saturated rings. The fourth-order valence-electron chi connectivity index (χ4n) is 3.11. The standard InChI is InChI=1S/C18H23N3O6S/c1-25-11-27-16(23)18(9-21-14(22)13(19)15(21)28-10-18)8-20-17(24)26-7-12-5-3-2-4-6-12/h2-6,13,15H,7-11,19H2,1H3,(H,20,24)/t13?,15-,18?/m1/s1. The first-order valence-electron chi connectivity index (χ1n) is 8.75. The fraction of sp³-hybridized carbons (Fsp3) is 0.500. The number of benzene rings is 1. The topological polar surface area (TPSA) is 120 Å². The van der Waals surface area contributed by atoms with Crippen LogP contribution in [-0.2, 0) is 30.4 Å². The van der Waals surface area contributed by atoms with Crippen LogP contribution in [0.2, 0.25) is 0 Å². The number of nitrogens with two attached hydrogens (primary N) is 1. The lowest BCUT2D eigenvalue weighted by Gasteiger charge is -2.53. The molecule has 1 aromatic carbocycles. The highest BCUT2D eigenvalue weighted by atomic mass is 32.2. The van der Waals surface area contributed by atoms with Crippen LogP contribution >= 0.6 is 11.8 Å². The van der Waals surface area contributed by atoms with Gasteiger partial charge >= 0.3 is 12.1 Å². The van der Waals surface area contributed by atoms with Crippen LogP contribution in [0.3, 0.4) is 0 Å². The lowest BCUT2D eigenvalue weighted by atomic mass is 9.87. The van der Waals surface area contributed by atoms with Gasteiger partial charge in [-0.2, -0.15) is 0 Å². The number of β-lactam (4-membered cyclic amide) rings is 1. The predicted molar refractivity (Wildman–Crippen MR) is 101 cm³/mol. The zero-order valence-electron chi connectivity index (χ0n) is 15.5. The summed E-state index contributed by atoms with van der Waals surface area (Å²) in [5.74, 6) is -0.402. The van der Waals surface area contributed by atoms with Crippen molar-refractivity contribution < 1.29 is 28.6 Å². The number of hydrogen-bond donors (Lipinski definition) is 2. The lowest BCUT2D eigenvalue weighted by molar-refractivity contribution is -0.169. The molecular formula is C18H23N3O6S. The van der Waals surface area contributed by atoms with Gasteiger partial charge in [-0.05, 0) is 5.56 Å². The maximum atomic E-state index is 12.7. The Bertz CT molecular complexity index is 733. The molecule has 3 rings (SSSR count). The Morgan fingerprint density at radius 1 is 1.32 bits per heavy atom. The van der Waals surface area contributed by atoms with E-state index in [0.717, 1.165) is 5.56 Å². The quantitative estimate of drug-likeness (QED) is 0.375. The van der Waals surface area contributed by atoms with Crippen LogP contribution in [0, 0.1) is 5.41 Å². The number of alkyl carbamates (subject to hydrolysis) is 1. The summed E-state index contributed by atoms with van der Waals surface area (Å²) < 4.78 is 15.1. The summed E-state index contributed by atoms with van der Waals surface area (Å²) in [6.45, 7) is 0.00526. The molecule has 2 aliphatic heterocycles. The molecule has 0 radical (unpaired) electrons. The van der Waals surface area contributed by atoms with E-state index in [-0.39, 0.29) is 37.8 Å². The first-order valence-corrected chi connectivity index (χ1v) is 9.80. The molecule has 2 amide bonds. The maximum absolute atomic E-state index is 12.7. The number of methoxy groups -OCH3 is 1. The van der Waals surface area contributed by atoms with Gasteiger partial charge in [0.2, 0.25) is 5.91 Å². The molecule has 10 heteroatoms. The Morgan fingerprint density at radius 2 is 2.07 bits per heavy atom. The molecule has 2 heterocycles. The number of nitrogens with zero attached hydrogens (tertiary/aromatic N) is 1. The Hall–Kier alpha value is -2.30. The van der Waals surface area contributed by atoms with Gasteiger partial charge in [0.05, 0.1) is 0 Å². The summed E-state index contributed by atoms with van der Waals surface area (Å²) in [4.78, 5) is 38.3. The average Bonchev–Trinajstić information content (AvgIpc) is 2.74. The molecule has 0 aromatic heterocycles. The van der Waals surface area contributed by atoms with Crippen LogP contribution in [0.25, 0.3) is 0 Å². The first kappa shape index (κ1) is 20.4. The van der Waals surface area contributed by atoms with E-state index in [4.69, 9.17) is 19.9 Å². The number of hydrogen-bond acceptors (Lipinski definition) is 8. The molecule has 0 spiro atoms. The molecule has 152 valence electrons. The normalized spacial score (nSPS) is 26.1. The molecule has 0 saturated carbocycles. The van der Waals surface area contributed by atoms with Crippen LogP contribution in [0.4, 0.5) is 4.79 Å². The highest BCUT2D eigenvalue weighted by molar-refractivity contribution is 8.00. The number of carbonyl (C=O) groups is 3. The molecule has 0 bridgehead atoms. The molecular weight excluding hydrogens is 386 g/mol. The zero-order chi connectivity index (χ0) is 20.1. The second-order valence-electron chi connectivity index (χ2n) is 6.73. The van der Waals surface area contributed by atoms with E-state index in [0.29, 0.717) is 5.75 Å². The van der Waals surface area contributed by atoms with Crippen molar-refractivity contribution in [2.24, 2.45) is 11.1 Å². The Labute approximate surface area is 166 Å². The van der Waals surface area contributed by atoms with E-state index < -0.39 is 23.5 Å². The van der Waals surface area contributed by atoms with Crippen LogP contribution in [0.15, 0.2) is 30.3 Å². The summed E-state index contributed by atoms with van der Waals surface area (Å²) in [5.41, 5.74) is 5.55. The molecule has 2 aliphatic rings. The summed E-state index contributed by atoms with van der Waals surface area (Å²) in [7, 11) is 1.41. The van der Waals surface area contributed by atoms with Crippen molar-refractivity contribution >= 4 is 29.7 Å². The van der Waals surface area contributed by atoms with Crippen molar-refractivity contribution in [1.82, 2.24) is 10.2 Å². The van der Waals surface area contributed by atoms with E-state index in [1.54, 1.807) is 4.90 Å². The second kappa shape index (κ2) is 8.80. The minimum absolute atomic E-state index is 0.0259. The van der Waals surface area contributed by atoms with Crippen molar-refractivity contribution in [3.63, 3.8) is 0 Å². The number of amides is 2. The van der Waals surface area contributed by atoms with Gasteiger partial charge in [0.1, 0.15) is 23.4 Å². The van der Waals surface area contributed by atoms with Crippen LogP contribution < -0.4 is 11.1 Å². The van der Waals surface area contributed by atoms with Gasteiger partial charge in [-0.25, -0.2) is 4.79 Å².